The zero-order valence-corrected chi connectivity index (χ0v) is 11.0. The van der Waals surface area contributed by atoms with E-state index in [0.717, 1.165) is 11.4 Å². The van der Waals surface area contributed by atoms with E-state index in [0.29, 0.717) is 9.47 Å². The van der Waals surface area contributed by atoms with Crippen LogP contribution in [0.1, 0.15) is 0 Å². The zero-order valence-electron chi connectivity index (χ0n) is 9.46. The Kier molecular flexibility index (Phi) is 3.71. The summed E-state index contributed by atoms with van der Waals surface area (Å²) < 4.78 is 0.613. The number of azo groups is 1. The van der Waals surface area contributed by atoms with E-state index in [1.54, 1.807) is 6.20 Å². The second-order valence-corrected chi connectivity index (χ2v) is 5.20. The quantitative estimate of drug-likeness (QED) is 0.778. The van der Waals surface area contributed by atoms with E-state index in [1.165, 1.54) is 11.3 Å². The summed E-state index contributed by atoms with van der Waals surface area (Å²) in [7, 11) is 3.99. The Morgan fingerprint density at radius 3 is 2.41 bits per heavy atom. The summed E-state index contributed by atoms with van der Waals surface area (Å²) >= 11 is 7.05. The van der Waals surface area contributed by atoms with Crippen molar-refractivity contribution in [2.75, 3.05) is 19.0 Å². The number of aromatic nitrogens is 1. The Balaban J connectivity index is 2.11. The number of hydrogen-bond donors (Lipinski definition) is 0. The minimum atomic E-state index is 0.562. The third-order valence-electron chi connectivity index (χ3n) is 2.08. The van der Waals surface area contributed by atoms with Gasteiger partial charge in [0, 0.05) is 19.8 Å². The van der Waals surface area contributed by atoms with Gasteiger partial charge in [0.25, 0.3) is 0 Å². The van der Waals surface area contributed by atoms with Gasteiger partial charge < -0.3 is 4.90 Å². The van der Waals surface area contributed by atoms with Crippen molar-refractivity contribution in [3.05, 3.63) is 34.8 Å². The molecular formula is C11H11ClN4S. The van der Waals surface area contributed by atoms with Crippen LogP contribution in [0.5, 0.6) is 0 Å². The van der Waals surface area contributed by atoms with Crippen LogP contribution in [0.2, 0.25) is 4.34 Å². The van der Waals surface area contributed by atoms with Gasteiger partial charge in [-0.3, -0.25) is 0 Å². The molecule has 88 valence electrons. The molecule has 1 heterocycles. The van der Waals surface area contributed by atoms with Crippen LogP contribution in [0.3, 0.4) is 0 Å². The first-order valence-electron chi connectivity index (χ1n) is 4.95. The van der Waals surface area contributed by atoms with Crippen LogP contribution in [-0.2, 0) is 0 Å². The highest BCUT2D eigenvalue weighted by molar-refractivity contribution is 7.19. The molecule has 1 aromatic carbocycles. The fraction of sp³-hybridized carbons (Fsp3) is 0.182. The third-order valence-corrected chi connectivity index (χ3v) is 3.08. The summed E-state index contributed by atoms with van der Waals surface area (Å²) in [5.74, 6) is 0. The van der Waals surface area contributed by atoms with Crippen LogP contribution in [-0.4, -0.2) is 19.1 Å². The van der Waals surface area contributed by atoms with E-state index in [2.05, 4.69) is 15.2 Å². The Hall–Kier alpha value is -1.46. The molecule has 0 saturated carbocycles. The standard InChI is InChI=1S/C11H11ClN4S/c1-16(2)9-5-3-8(4-6-9)14-15-11-13-7-10(12)17-11/h3-7H,1-2H3. The van der Waals surface area contributed by atoms with Gasteiger partial charge in [-0.05, 0) is 24.3 Å². The van der Waals surface area contributed by atoms with Gasteiger partial charge in [-0.25, -0.2) is 4.98 Å². The molecule has 0 atom stereocenters. The topological polar surface area (TPSA) is 40.9 Å². The molecule has 2 rings (SSSR count). The van der Waals surface area contributed by atoms with Crippen LogP contribution < -0.4 is 4.90 Å². The summed E-state index contributed by atoms with van der Waals surface area (Å²) in [6.45, 7) is 0. The summed E-state index contributed by atoms with van der Waals surface area (Å²) in [4.78, 5) is 6.02. The highest BCUT2D eigenvalue weighted by Crippen LogP contribution is 2.27. The second-order valence-electron chi connectivity index (χ2n) is 3.56. The van der Waals surface area contributed by atoms with Crippen LogP contribution in [0, 0.1) is 0 Å². The van der Waals surface area contributed by atoms with E-state index in [9.17, 15) is 0 Å². The van der Waals surface area contributed by atoms with Crippen LogP contribution in [0.15, 0.2) is 40.7 Å². The average Bonchev–Trinajstić information content (AvgIpc) is 2.73. The van der Waals surface area contributed by atoms with E-state index in [4.69, 9.17) is 11.6 Å². The lowest BCUT2D eigenvalue weighted by molar-refractivity contribution is 1.13. The van der Waals surface area contributed by atoms with Crippen molar-refractivity contribution < 1.29 is 0 Å². The number of halogens is 1. The number of thiazole rings is 1. The Bertz CT molecular complexity index is 519. The van der Waals surface area contributed by atoms with Crippen molar-refractivity contribution >= 4 is 39.4 Å². The molecule has 4 nitrogen and oxygen atoms in total. The highest BCUT2D eigenvalue weighted by atomic mass is 35.5. The predicted molar refractivity (Wildman–Crippen MR) is 72.1 cm³/mol. The first-order valence-corrected chi connectivity index (χ1v) is 6.15. The predicted octanol–water partition coefficient (Wildman–Crippen LogP) is 4.28. The first kappa shape index (κ1) is 12.0. The number of anilines is 1. The van der Waals surface area contributed by atoms with Crippen LogP contribution >= 0.6 is 22.9 Å². The molecule has 0 fully saturated rings. The first-order chi connectivity index (χ1) is 8.15. The molecule has 17 heavy (non-hydrogen) atoms. The number of nitrogens with zero attached hydrogens (tertiary/aromatic N) is 4. The molecule has 0 saturated heterocycles. The van der Waals surface area contributed by atoms with Crippen molar-refractivity contribution in [1.29, 1.82) is 0 Å². The van der Waals surface area contributed by atoms with Gasteiger partial charge in [-0.2, -0.15) is 0 Å². The van der Waals surface area contributed by atoms with Gasteiger partial charge in [0.05, 0.1) is 11.9 Å². The lowest BCUT2D eigenvalue weighted by Gasteiger charge is -2.11. The molecule has 2 aromatic rings. The highest BCUT2D eigenvalue weighted by Gasteiger charge is 1.98. The fourth-order valence-electron chi connectivity index (χ4n) is 1.21. The van der Waals surface area contributed by atoms with Gasteiger partial charge in [-0.1, -0.05) is 22.9 Å². The molecule has 6 heteroatoms. The molecule has 0 aliphatic heterocycles. The van der Waals surface area contributed by atoms with Crippen molar-refractivity contribution in [3.63, 3.8) is 0 Å². The molecular weight excluding hydrogens is 256 g/mol. The van der Waals surface area contributed by atoms with Gasteiger partial charge in [0.1, 0.15) is 4.34 Å². The van der Waals surface area contributed by atoms with Crippen LogP contribution in [0.4, 0.5) is 16.5 Å². The largest absolute Gasteiger partial charge is 0.378 e. The van der Waals surface area contributed by atoms with E-state index in [1.807, 2.05) is 43.3 Å². The summed E-state index contributed by atoms with van der Waals surface area (Å²) in [5, 5.41) is 8.65. The lowest BCUT2D eigenvalue weighted by atomic mass is 10.3. The van der Waals surface area contributed by atoms with Crippen molar-refractivity contribution in [1.82, 2.24) is 4.98 Å². The minimum Gasteiger partial charge on any atom is -0.378 e. The maximum atomic E-state index is 5.75. The SMILES string of the molecule is CN(C)c1ccc(N=Nc2ncc(Cl)s2)cc1. The van der Waals surface area contributed by atoms with Crippen molar-refractivity contribution in [2.45, 2.75) is 0 Å². The van der Waals surface area contributed by atoms with E-state index < -0.39 is 0 Å². The summed E-state index contributed by atoms with van der Waals surface area (Å²) in [6.07, 6.45) is 1.57. The molecule has 0 aliphatic carbocycles. The Morgan fingerprint density at radius 1 is 1.18 bits per heavy atom. The lowest BCUT2D eigenvalue weighted by Crippen LogP contribution is -2.07. The van der Waals surface area contributed by atoms with Crippen molar-refractivity contribution in [3.8, 4) is 0 Å². The Labute approximate surface area is 109 Å². The van der Waals surface area contributed by atoms with Gasteiger partial charge in [0.2, 0.25) is 5.13 Å². The fourth-order valence-corrected chi connectivity index (χ4v) is 1.93. The molecule has 0 spiro atoms. The van der Waals surface area contributed by atoms with Gasteiger partial charge in [-0.15, -0.1) is 10.2 Å². The maximum absolute atomic E-state index is 5.75. The number of hydrogen-bond acceptors (Lipinski definition) is 5. The monoisotopic (exact) mass is 266 g/mol. The van der Waals surface area contributed by atoms with Crippen LogP contribution in [0.25, 0.3) is 0 Å². The number of rotatable bonds is 3. The van der Waals surface area contributed by atoms with Gasteiger partial charge >= 0.3 is 0 Å². The molecule has 0 amide bonds. The Morgan fingerprint density at radius 2 is 1.88 bits per heavy atom. The summed E-state index contributed by atoms with van der Waals surface area (Å²) in [6, 6.07) is 7.80. The zero-order chi connectivity index (χ0) is 12.3. The van der Waals surface area contributed by atoms with Gasteiger partial charge in [0.15, 0.2) is 0 Å². The normalized spacial score (nSPS) is 11.0. The molecule has 0 bridgehead atoms. The molecule has 0 N–H and O–H groups in total. The minimum absolute atomic E-state index is 0.562. The van der Waals surface area contributed by atoms with E-state index in [-0.39, 0.29) is 0 Å². The molecule has 0 radical (unpaired) electrons. The summed E-state index contributed by atoms with van der Waals surface area (Å²) in [5.41, 5.74) is 1.92. The average molecular weight is 267 g/mol. The maximum Gasteiger partial charge on any atom is 0.231 e. The molecule has 0 unspecified atom stereocenters. The molecule has 0 aliphatic rings. The van der Waals surface area contributed by atoms with Crippen molar-refractivity contribution in [2.24, 2.45) is 10.2 Å². The van der Waals surface area contributed by atoms with E-state index >= 15 is 0 Å². The number of benzene rings is 1. The smallest absolute Gasteiger partial charge is 0.231 e. The third kappa shape index (κ3) is 3.25. The second kappa shape index (κ2) is 5.25. The molecule has 1 aromatic heterocycles.